The molecule has 1 aliphatic rings. The second kappa shape index (κ2) is 8.22. The van der Waals surface area contributed by atoms with Crippen LogP contribution in [0, 0.1) is 25.5 Å². The summed E-state index contributed by atoms with van der Waals surface area (Å²) in [7, 11) is 0. The second-order valence-electron chi connectivity index (χ2n) is 7.04. The van der Waals surface area contributed by atoms with Gasteiger partial charge in [-0.1, -0.05) is 6.07 Å². The zero-order valence-electron chi connectivity index (χ0n) is 16.9. The molecular weight excluding hydrogens is 408 g/mol. The number of aromatic nitrogens is 1. The van der Waals surface area contributed by atoms with Gasteiger partial charge in [0.15, 0.2) is 18.1 Å². The van der Waals surface area contributed by atoms with Gasteiger partial charge in [-0.15, -0.1) is 0 Å². The summed E-state index contributed by atoms with van der Waals surface area (Å²) in [6.07, 6.45) is 0. The molecule has 160 valence electrons. The first-order chi connectivity index (χ1) is 14.9. The molecule has 0 N–H and O–H groups in total. The van der Waals surface area contributed by atoms with Gasteiger partial charge in [-0.25, -0.2) is 13.6 Å². The number of fused-ring (bicyclic) bond motifs is 1. The number of esters is 1. The highest BCUT2D eigenvalue weighted by Crippen LogP contribution is 2.33. The fourth-order valence-corrected chi connectivity index (χ4v) is 3.59. The van der Waals surface area contributed by atoms with E-state index in [1.165, 1.54) is 0 Å². The fraction of sp³-hybridized carbons (Fsp3) is 0.217. The Morgan fingerprint density at radius 1 is 1.00 bits per heavy atom. The maximum Gasteiger partial charge on any atom is 0.344 e. The first kappa shape index (κ1) is 20.6. The predicted molar refractivity (Wildman–Crippen MR) is 107 cm³/mol. The van der Waals surface area contributed by atoms with Crippen molar-refractivity contribution in [3.05, 3.63) is 76.6 Å². The van der Waals surface area contributed by atoms with Crippen LogP contribution in [0.25, 0.3) is 5.69 Å². The van der Waals surface area contributed by atoms with Crippen LogP contribution >= 0.6 is 0 Å². The molecular formula is C23H19F2NO5. The molecule has 0 aliphatic carbocycles. The summed E-state index contributed by atoms with van der Waals surface area (Å²) in [6, 6.07) is 10.2. The molecule has 0 spiro atoms. The highest BCUT2D eigenvalue weighted by atomic mass is 19.1. The van der Waals surface area contributed by atoms with E-state index < -0.39 is 35.6 Å². The minimum absolute atomic E-state index is 0.342. The van der Waals surface area contributed by atoms with Crippen molar-refractivity contribution in [2.24, 2.45) is 0 Å². The van der Waals surface area contributed by atoms with E-state index in [0.717, 1.165) is 29.6 Å². The largest absolute Gasteiger partial charge is 0.486 e. The van der Waals surface area contributed by atoms with Crippen molar-refractivity contribution in [2.45, 2.75) is 13.8 Å². The van der Waals surface area contributed by atoms with Gasteiger partial charge < -0.3 is 18.8 Å². The summed E-state index contributed by atoms with van der Waals surface area (Å²) in [5, 5.41) is 0. The third-order valence-corrected chi connectivity index (χ3v) is 5.02. The SMILES string of the molecule is Cc1cc(C(=O)COC(=O)c2c(F)cccc2F)c(C)n1-c1ccc2c(c1)OCCO2. The van der Waals surface area contributed by atoms with Crippen molar-refractivity contribution in [1.29, 1.82) is 0 Å². The van der Waals surface area contributed by atoms with Crippen LogP contribution in [0.4, 0.5) is 8.78 Å². The van der Waals surface area contributed by atoms with Crippen molar-refractivity contribution in [2.75, 3.05) is 19.8 Å². The van der Waals surface area contributed by atoms with Gasteiger partial charge in [-0.3, -0.25) is 4.79 Å². The highest BCUT2D eigenvalue weighted by molar-refractivity contribution is 6.00. The van der Waals surface area contributed by atoms with E-state index in [1.54, 1.807) is 19.1 Å². The summed E-state index contributed by atoms with van der Waals surface area (Å²) in [5.74, 6) is -2.54. The van der Waals surface area contributed by atoms with E-state index in [4.69, 9.17) is 14.2 Å². The third-order valence-electron chi connectivity index (χ3n) is 5.02. The Labute approximate surface area is 177 Å². The maximum atomic E-state index is 13.7. The zero-order valence-corrected chi connectivity index (χ0v) is 16.9. The lowest BCUT2D eigenvalue weighted by molar-refractivity contribution is 0.0465. The van der Waals surface area contributed by atoms with Gasteiger partial charge in [0.2, 0.25) is 5.78 Å². The number of aryl methyl sites for hydroxylation is 1. The normalized spacial score (nSPS) is 12.5. The Kier molecular flexibility index (Phi) is 5.46. The van der Waals surface area contributed by atoms with Gasteiger partial charge >= 0.3 is 5.97 Å². The lowest BCUT2D eigenvalue weighted by atomic mass is 10.1. The molecule has 3 aromatic rings. The second-order valence-corrected chi connectivity index (χ2v) is 7.04. The van der Waals surface area contributed by atoms with Crippen LogP contribution < -0.4 is 9.47 Å². The summed E-state index contributed by atoms with van der Waals surface area (Å²) >= 11 is 0. The number of ether oxygens (including phenoxy) is 3. The Hall–Kier alpha value is -3.68. The van der Waals surface area contributed by atoms with E-state index in [2.05, 4.69) is 0 Å². The minimum atomic E-state index is -1.23. The fourth-order valence-electron chi connectivity index (χ4n) is 3.59. The molecule has 2 aromatic carbocycles. The van der Waals surface area contributed by atoms with Crippen LogP contribution in [0.5, 0.6) is 11.5 Å². The summed E-state index contributed by atoms with van der Waals surface area (Å²) in [5.41, 5.74) is 1.71. The summed E-state index contributed by atoms with van der Waals surface area (Å²) < 4.78 is 45.4. The third kappa shape index (κ3) is 3.88. The number of rotatable bonds is 5. The number of carbonyl (C=O) groups is 2. The van der Waals surface area contributed by atoms with E-state index in [1.807, 2.05) is 23.6 Å². The molecule has 0 saturated carbocycles. The van der Waals surface area contributed by atoms with Crippen molar-refractivity contribution in [3.8, 4) is 17.2 Å². The van der Waals surface area contributed by atoms with Gasteiger partial charge in [0.25, 0.3) is 0 Å². The van der Waals surface area contributed by atoms with Crippen molar-refractivity contribution >= 4 is 11.8 Å². The number of hydrogen-bond acceptors (Lipinski definition) is 5. The van der Waals surface area contributed by atoms with Crippen LogP contribution in [0.1, 0.15) is 32.1 Å². The molecule has 31 heavy (non-hydrogen) atoms. The van der Waals surface area contributed by atoms with Crippen molar-refractivity contribution in [3.63, 3.8) is 0 Å². The van der Waals surface area contributed by atoms with Gasteiger partial charge in [0.05, 0.1) is 0 Å². The number of benzene rings is 2. The Balaban J connectivity index is 1.54. The molecule has 6 nitrogen and oxygen atoms in total. The molecule has 8 heteroatoms. The Morgan fingerprint density at radius 3 is 2.39 bits per heavy atom. The minimum Gasteiger partial charge on any atom is -0.486 e. The first-order valence-corrected chi connectivity index (χ1v) is 9.60. The standard InChI is InChI=1S/C23H19F2NO5/c1-13-10-16(19(27)12-31-23(28)22-17(24)4-3-5-18(22)25)14(2)26(13)15-6-7-20-21(11-15)30-9-8-29-20/h3-7,10-11H,8-9,12H2,1-2H3. The van der Waals surface area contributed by atoms with Gasteiger partial charge in [-0.2, -0.15) is 0 Å². The Morgan fingerprint density at radius 2 is 1.68 bits per heavy atom. The van der Waals surface area contributed by atoms with Crippen molar-refractivity contribution in [1.82, 2.24) is 4.57 Å². The monoisotopic (exact) mass is 427 g/mol. The first-order valence-electron chi connectivity index (χ1n) is 9.60. The van der Waals surface area contributed by atoms with Crippen LogP contribution in [-0.4, -0.2) is 36.1 Å². The molecule has 4 rings (SSSR count). The predicted octanol–water partition coefficient (Wildman–Crippen LogP) is 4.18. The number of Topliss-reactive ketones (excluding diaryl/α,β-unsaturated/α-hetero) is 1. The highest BCUT2D eigenvalue weighted by Gasteiger charge is 2.22. The molecule has 0 atom stereocenters. The number of ketones is 1. The maximum absolute atomic E-state index is 13.7. The zero-order chi connectivity index (χ0) is 22.1. The van der Waals surface area contributed by atoms with Crippen molar-refractivity contribution < 1.29 is 32.6 Å². The van der Waals surface area contributed by atoms with Crippen LogP contribution in [-0.2, 0) is 4.74 Å². The number of nitrogens with zero attached hydrogens (tertiary/aromatic N) is 1. The topological polar surface area (TPSA) is 66.8 Å². The average Bonchev–Trinajstić information content (AvgIpc) is 3.05. The molecule has 1 aromatic heterocycles. The summed E-state index contributed by atoms with van der Waals surface area (Å²) in [6.45, 7) is 3.90. The molecule has 2 heterocycles. The quantitative estimate of drug-likeness (QED) is 0.451. The lowest BCUT2D eigenvalue weighted by Crippen LogP contribution is -2.17. The molecule has 0 fully saturated rings. The summed E-state index contributed by atoms with van der Waals surface area (Å²) in [4.78, 5) is 24.7. The van der Waals surface area contributed by atoms with Gasteiger partial charge in [0.1, 0.15) is 30.4 Å². The van der Waals surface area contributed by atoms with E-state index in [0.29, 0.717) is 36.0 Å². The van der Waals surface area contributed by atoms with E-state index >= 15 is 0 Å². The molecule has 0 radical (unpaired) electrons. The molecule has 0 bridgehead atoms. The molecule has 0 unspecified atom stereocenters. The van der Waals surface area contributed by atoms with Crippen LogP contribution in [0.15, 0.2) is 42.5 Å². The van der Waals surface area contributed by atoms with Gasteiger partial charge in [0, 0.05) is 28.7 Å². The Bertz CT molecular complexity index is 1160. The molecule has 1 aliphatic heterocycles. The number of halogens is 2. The number of carbonyl (C=O) groups excluding carboxylic acids is 2. The average molecular weight is 427 g/mol. The van der Waals surface area contributed by atoms with Crippen LogP contribution in [0.2, 0.25) is 0 Å². The number of hydrogen-bond donors (Lipinski definition) is 0. The van der Waals surface area contributed by atoms with E-state index in [9.17, 15) is 18.4 Å². The molecule has 0 saturated heterocycles. The smallest absolute Gasteiger partial charge is 0.344 e. The van der Waals surface area contributed by atoms with Gasteiger partial charge in [-0.05, 0) is 44.2 Å². The lowest BCUT2D eigenvalue weighted by Gasteiger charge is -2.20. The molecule has 0 amide bonds. The van der Waals surface area contributed by atoms with Crippen LogP contribution in [0.3, 0.4) is 0 Å². The van der Waals surface area contributed by atoms with E-state index in [-0.39, 0.29) is 0 Å².